The van der Waals surface area contributed by atoms with Gasteiger partial charge >= 0.3 is 0 Å². The number of aromatic nitrogens is 1. The van der Waals surface area contributed by atoms with Crippen LogP contribution >= 0.6 is 11.3 Å². The summed E-state index contributed by atoms with van der Waals surface area (Å²) in [4.78, 5) is 23.4. The van der Waals surface area contributed by atoms with Crippen LogP contribution in [0.1, 0.15) is 26.6 Å². The molecule has 10 nitrogen and oxygen atoms in total. The minimum absolute atomic E-state index is 0.0269. The lowest BCUT2D eigenvalue weighted by molar-refractivity contribution is -0.384. The van der Waals surface area contributed by atoms with E-state index in [9.17, 15) is 23.3 Å². The Morgan fingerprint density at radius 1 is 1.15 bits per heavy atom. The second-order valence-electron chi connectivity index (χ2n) is 7.49. The smallest absolute Gasteiger partial charge is 0.281 e. The molecule has 0 fully saturated rings. The van der Waals surface area contributed by atoms with Crippen molar-refractivity contribution in [3.05, 3.63) is 86.5 Å². The average Bonchev–Trinajstić information content (AvgIpc) is 3.33. The number of benzene rings is 2. The van der Waals surface area contributed by atoms with Gasteiger partial charge in [0.25, 0.3) is 11.6 Å². The molecule has 0 unspecified atom stereocenters. The number of hydrogen-bond donors (Lipinski definition) is 2. The van der Waals surface area contributed by atoms with E-state index in [1.165, 1.54) is 41.8 Å². The number of non-ortho nitro benzene ring substituents is 1. The van der Waals surface area contributed by atoms with Gasteiger partial charge in [0.05, 0.1) is 20.9 Å². The highest BCUT2D eigenvalue weighted by molar-refractivity contribution is 7.89. The Bertz CT molecular complexity index is 1570. The largest absolute Gasteiger partial charge is 0.318 e. The van der Waals surface area contributed by atoms with Gasteiger partial charge in [0.2, 0.25) is 10.0 Å². The van der Waals surface area contributed by atoms with Crippen LogP contribution in [0.2, 0.25) is 0 Å². The van der Waals surface area contributed by atoms with Gasteiger partial charge in [0, 0.05) is 44.9 Å². The van der Waals surface area contributed by atoms with Gasteiger partial charge in [-0.25, -0.2) is 19.0 Å². The molecular formula is C22H19N5O5S2. The number of aryl methyl sites for hydroxylation is 1. The molecule has 0 spiro atoms. The number of rotatable bonds is 6. The van der Waals surface area contributed by atoms with Crippen molar-refractivity contribution in [2.45, 2.75) is 18.7 Å². The van der Waals surface area contributed by atoms with E-state index in [1.54, 1.807) is 24.3 Å². The Balaban J connectivity index is 1.52. The van der Waals surface area contributed by atoms with Crippen LogP contribution in [-0.2, 0) is 10.0 Å². The third-order valence-electron chi connectivity index (χ3n) is 5.20. The SMILES string of the molecule is Cc1cc(C=NNC(=O)c2cc3cc([N+](=O)[O-])ccc3s2)c(C)n1-c1ccc(S(N)(=O)=O)cc1. The first-order valence-corrected chi connectivity index (χ1v) is 12.2. The van der Waals surface area contributed by atoms with Gasteiger partial charge < -0.3 is 4.57 Å². The number of nitrogens with zero attached hydrogens (tertiary/aromatic N) is 3. The maximum atomic E-state index is 12.5. The van der Waals surface area contributed by atoms with Gasteiger partial charge in [-0.05, 0) is 56.3 Å². The number of hydrogen-bond acceptors (Lipinski definition) is 7. The molecule has 0 atom stereocenters. The Morgan fingerprint density at radius 2 is 1.85 bits per heavy atom. The summed E-state index contributed by atoms with van der Waals surface area (Å²) in [6.07, 6.45) is 1.52. The van der Waals surface area contributed by atoms with Crippen molar-refractivity contribution in [2.75, 3.05) is 0 Å². The number of amides is 1. The van der Waals surface area contributed by atoms with Crippen molar-refractivity contribution >= 4 is 49.3 Å². The van der Waals surface area contributed by atoms with E-state index in [-0.39, 0.29) is 10.6 Å². The van der Waals surface area contributed by atoms with Crippen LogP contribution in [0.4, 0.5) is 5.69 Å². The number of nitrogens with one attached hydrogen (secondary N) is 1. The number of nitrogens with two attached hydrogens (primary N) is 1. The number of nitro benzene ring substituents is 1. The number of thiophene rings is 1. The standard InChI is InChI=1S/C22H19N5O5S2/c1-13-9-16(14(2)26(13)17-3-6-19(7-4-17)34(23,31)32)12-24-25-22(28)21-11-15-10-18(27(29)30)5-8-20(15)33-21/h3-12H,1-2H3,(H,25,28)(H2,23,31,32). The minimum Gasteiger partial charge on any atom is -0.318 e. The third-order valence-corrected chi connectivity index (χ3v) is 7.24. The summed E-state index contributed by atoms with van der Waals surface area (Å²) in [5.74, 6) is -0.424. The fraction of sp³-hybridized carbons (Fsp3) is 0.0909. The van der Waals surface area contributed by atoms with Crippen molar-refractivity contribution in [3.8, 4) is 5.69 Å². The monoisotopic (exact) mass is 497 g/mol. The molecule has 4 rings (SSSR count). The Labute approximate surface area is 198 Å². The van der Waals surface area contributed by atoms with E-state index >= 15 is 0 Å². The first-order chi connectivity index (χ1) is 16.0. The van der Waals surface area contributed by atoms with Crippen LogP contribution in [0.15, 0.2) is 64.6 Å². The molecule has 0 radical (unpaired) electrons. The van der Waals surface area contributed by atoms with Crippen molar-refractivity contribution in [1.82, 2.24) is 9.99 Å². The van der Waals surface area contributed by atoms with Crippen LogP contribution < -0.4 is 10.6 Å². The molecule has 0 bridgehead atoms. The van der Waals surface area contributed by atoms with Gasteiger partial charge in [-0.1, -0.05) is 0 Å². The van der Waals surface area contributed by atoms with E-state index in [2.05, 4.69) is 10.5 Å². The number of hydrazone groups is 1. The lowest BCUT2D eigenvalue weighted by Gasteiger charge is -2.10. The molecule has 0 saturated carbocycles. The zero-order valence-corrected chi connectivity index (χ0v) is 19.7. The van der Waals surface area contributed by atoms with E-state index in [0.717, 1.165) is 27.3 Å². The predicted molar refractivity (Wildman–Crippen MR) is 130 cm³/mol. The van der Waals surface area contributed by atoms with Gasteiger partial charge in [0.15, 0.2) is 0 Å². The molecule has 3 N–H and O–H groups in total. The molecule has 2 aromatic carbocycles. The highest BCUT2D eigenvalue weighted by Gasteiger charge is 2.14. The number of nitro groups is 1. The van der Waals surface area contributed by atoms with Crippen molar-refractivity contribution in [2.24, 2.45) is 10.2 Å². The van der Waals surface area contributed by atoms with Crippen molar-refractivity contribution < 1.29 is 18.1 Å². The van der Waals surface area contributed by atoms with E-state index in [1.807, 2.05) is 24.5 Å². The van der Waals surface area contributed by atoms with Crippen molar-refractivity contribution in [1.29, 1.82) is 0 Å². The number of carbonyl (C=O) groups excluding carboxylic acids is 1. The van der Waals surface area contributed by atoms with Gasteiger partial charge in [-0.15, -0.1) is 11.3 Å². The third kappa shape index (κ3) is 4.59. The molecule has 0 aliphatic carbocycles. The first kappa shape index (κ1) is 23.3. The molecule has 4 aromatic rings. The second kappa shape index (κ2) is 8.82. The Kier molecular flexibility index (Phi) is 6.04. The van der Waals surface area contributed by atoms with Crippen LogP contribution in [0, 0.1) is 24.0 Å². The summed E-state index contributed by atoms with van der Waals surface area (Å²) >= 11 is 1.22. The molecule has 0 saturated heterocycles. The number of sulfonamides is 1. The highest BCUT2D eigenvalue weighted by Crippen LogP contribution is 2.29. The fourth-order valence-electron chi connectivity index (χ4n) is 3.57. The van der Waals surface area contributed by atoms with E-state index in [4.69, 9.17) is 5.14 Å². The summed E-state index contributed by atoms with van der Waals surface area (Å²) in [6.45, 7) is 3.77. The minimum atomic E-state index is -3.77. The molecule has 0 aliphatic rings. The molecule has 0 aliphatic heterocycles. The van der Waals surface area contributed by atoms with E-state index < -0.39 is 20.9 Å². The summed E-state index contributed by atoms with van der Waals surface area (Å²) in [5, 5.41) is 20.8. The lowest BCUT2D eigenvalue weighted by Crippen LogP contribution is -2.16. The number of carbonyl (C=O) groups is 1. The zero-order chi connectivity index (χ0) is 24.6. The summed E-state index contributed by atoms with van der Waals surface area (Å²) in [6, 6.07) is 14.1. The normalized spacial score (nSPS) is 11.9. The second-order valence-corrected chi connectivity index (χ2v) is 10.1. The van der Waals surface area contributed by atoms with Crippen LogP contribution in [-0.4, -0.2) is 30.0 Å². The Hall–Kier alpha value is -3.87. The van der Waals surface area contributed by atoms with Gasteiger partial charge in [-0.3, -0.25) is 14.9 Å². The number of primary sulfonamides is 1. The average molecular weight is 498 g/mol. The van der Waals surface area contributed by atoms with Crippen LogP contribution in [0.25, 0.3) is 15.8 Å². The maximum absolute atomic E-state index is 12.5. The fourth-order valence-corrected chi connectivity index (χ4v) is 5.02. The molecule has 2 heterocycles. The molecule has 2 aromatic heterocycles. The van der Waals surface area contributed by atoms with Crippen LogP contribution in [0.5, 0.6) is 0 Å². The topological polar surface area (TPSA) is 150 Å². The van der Waals surface area contributed by atoms with E-state index in [0.29, 0.717) is 10.3 Å². The first-order valence-electron chi connectivity index (χ1n) is 9.88. The lowest BCUT2D eigenvalue weighted by atomic mass is 10.2. The number of fused-ring (bicyclic) bond motifs is 1. The molecule has 174 valence electrons. The summed E-state index contributed by atoms with van der Waals surface area (Å²) in [7, 11) is -3.77. The predicted octanol–water partition coefficient (Wildman–Crippen LogP) is 3.63. The van der Waals surface area contributed by atoms with Gasteiger partial charge in [0.1, 0.15) is 0 Å². The van der Waals surface area contributed by atoms with Gasteiger partial charge in [-0.2, -0.15) is 5.10 Å². The molecule has 1 amide bonds. The quantitative estimate of drug-likeness (QED) is 0.237. The maximum Gasteiger partial charge on any atom is 0.281 e. The molecule has 12 heteroatoms. The highest BCUT2D eigenvalue weighted by atomic mass is 32.2. The van der Waals surface area contributed by atoms with Crippen molar-refractivity contribution in [3.63, 3.8) is 0 Å². The Morgan fingerprint density at radius 3 is 2.50 bits per heavy atom. The zero-order valence-electron chi connectivity index (χ0n) is 18.1. The summed E-state index contributed by atoms with van der Waals surface area (Å²) in [5.41, 5.74) is 5.69. The molecule has 34 heavy (non-hydrogen) atoms. The van der Waals surface area contributed by atoms with Crippen LogP contribution in [0.3, 0.4) is 0 Å². The summed E-state index contributed by atoms with van der Waals surface area (Å²) < 4.78 is 25.6. The molecular weight excluding hydrogens is 478 g/mol.